The SMILES string of the molecule is Cc1ccc(C(Oc2ccc(C(C)C)cc2)C(C)N)s1. The van der Waals surface area contributed by atoms with Gasteiger partial charge in [-0.1, -0.05) is 26.0 Å². The van der Waals surface area contributed by atoms with E-state index in [-0.39, 0.29) is 12.1 Å². The zero-order valence-electron chi connectivity index (χ0n) is 12.6. The molecule has 0 aliphatic heterocycles. The highest BCUT2D eigenvalue weighted by Crippen LogP contribution is 2.30. The van der Waals surface area contributed by atoms with Crippen LogP contribution in [-0.4, -0.2) is 6.04 Å². The number of hydrogen-bond acceptors (Lipinski definition) is 3. The minimum absolute atomic E-state index is 0.0437. The first-order chi connectivity index (χ1) is 9.47. The van der Waals surface area contributed by atoms with Crippen LogP contribution < -0.4 is 10.5 Å². The van der Waals surface area contributed by atoms with Gasteiger partial charge in [0.05, 0.1) is 0 Å². The molecule has 0 saturated heterocycles. The predicted molar refractivity (Wildman–Crippen MR) is 86.6 cm³/mol. The zero-order valence-corrected chi connectivity index (χ0v) is 13.4. The second-order valence-electron chi connectivity index (χ2n) is 5.57. The molecule has 0 aliphatic carbocycles. The third-order valence-electron chi connectivity index (χ3n) is 3.33. The molecule has 0 saturated carbocycles. The van der Waals surface area contributed by atoms with Crippen molar-refractivity contribution in [2.45, 2.75) is 45.8 Å². The molecule has 1 aromatic heterocycles. The maximum absolute atomic E-state index is 6.10. The quantitative estimate of drug-likeness (QED) is 0.869. The first-order valence-electron chi connectivity index (χ1n) is 7.06. The van der Waals surface area contributed by atoms with Crippen LogP contribution >= 0.6 is 11.3 Å². The summed E-state index contributed by atoms with van der Waals surface area (Å²) in [5.74, 6) is 1.41. The fourth-order valence-corrected chi connectivity index (χ4v) is 3.13. The van der Waals surface area contributed by atoms with Crippen LogP contribution in [0.3, 0.4) is 0 Å². The summed E-state index contributed by atoms with van der Waals surface area (Å²) in [6.07, 6.45) is -0.0846. The van der Waals surface area contributed by atoms with Crippen molar-refractivity contribution in [2.75, 3.05) is 0 Å². The molecule has 0 bridgehead atoms. The van der Waals surface area contributed by atoms with Gasteiger partial charge < -0.3 is 10.5 Å². The van der Waals surface area contributed by atoms with Gasteiger partial charge in [-0.3, -0.25) is 0 Å². The van der Waals surface area contributed by atoms with Gasteiger partial charge in [-0.2, -0.15) is 0 Å². The van der Waals surface area contributed by atoms with Crippen molar-refractivity contribution in [3.8, 4) is 5.75 Å². The topological polar surface area (TPSA) is 35.2 Å². The summed E-state index contributed by atoms with van der Waals surface area (Å²) in [6.45, 7) is 8.47. The van der Waals surface area contributed by atoms with Crippen LogP contribution in [0.25, 0.3) is 0 Å². The monoisotopic (exact) mass is 289 g/mol. The fraction of sp³-hybridized carbons (Fsp3) is 0.412. The number of thiophene rings is 1. The molecular weight excluding hydrogens is 266 g/mol. The van der Waals surface area contributed by atoms with E-state index >= 15 is 0 Å². The number of hydrogen-bond donors (Lipinski definition) is 1. The maximum atomic E-state index is 6.10. The number of benzene rings is 1. The molecule has 0 amide bonds. The molecule has 2 atom stereocenters. The summed E-state index contributed by atoms with van der Waals surface area (Å²) in [4.78, 5) is 2.47. The van der Waals surface area contributed by atoms with Gasteiger partial charge in [0.1, 0.15) is 11.9 Å². The Hall–Kier alpha value is -1.32. The van der Waals surface area contributed by atoms with E-state index in [1.165, 1.54) is 15.3 Å². The van der Waals surface area contributed by atoms with E-state index in [9.17, 15) is 0 Å². The van der Waals surface area contributed by atoms with Crippen molar-refractivity contribution in [3.05, 3.63) is 51.7 Å². The van der Waals surface area contributed by atoms with Gasteiger partial charge in [-0.25, -0.2) is 0 Å². The van der Waals surface area contributed by atoms with Gasteiger partial charge in [-0.15, -0.1) is 11.3 Å². The second kappa shape index (κ2) is 6.42. The van der Waals surface area contributed by atoms with Crippen molar-refractivity contribution in [3.63, 3.8) is 0 Å². The molecule has 2 nitrogen and oxygen atoms in total. The molecule has 1 heterocycles. The van der Waals surface area contributed by atoms with Gasteiger partial charge in [-0.05, 0) is 49.6 Å². The summed E-state index contributed by atoms with van der Waals surface area (Å²) in [5.41, 5.74) is 7.41. The Balaban J connectivity index is 2.16. The number of rotatable bonds is 5. The molecule has 1 aromatic carbocycles. The van der Waals surface area contributed by atoms with Crippen molar-refractivity contribution in [2.24, 2.45) is 5.73 Å². The first-order valence-corrected chi connectivity index (χ1v) is 7.87. The van der Waals surface area contributed by atoms with Crippen LogP contribution in [0.5, 0.6) is 5.75 Å². The molecule has 2 N–H and O–H groups in total. The summed E-state index contributed by atoms with van der Waals surface area (Å²) in [6, 6.07) is 12.5. The van der Waals surface area contributed by atoms with Crippen molar-refractivity contribution >= 4 is 11.3 Å². The van der Waals surface area contributed by atoms with E-state index in [4.69, 9.17) is 10.5 Å². The van der Waals surface area contributed by atoms with E-state index in [1.807, 2.05) is 19.1 Å². The molecule has 2 rings (SSSR count). The second-order valence-corrected chi connectivity index (χ2v) is 6.89. The lowest BCUT2D eigenvalue weighted by Crippen LogP contribution is -2.28. The number of nitrogens with two attached hydrogens (primary N) is 1. The smallest absolute Gasteiger partial charge is 0.148 e. The summed E-state index contributed by atoms with van der Waals surface area (Å²) >= 11 is 1.75. The Morgan fingerprint density at radius 3 is 2.10 bits per heavy atom. The van der Waals surface area contributed by atoms with Gasteiger partial charge in [0.25, 0.3) is 0 Å². The maximum Gasteiger partial charge on any atom is 0.148 e. The van der Waals surface area contributed by atoms with Crippen LogP contribution in [0, 0.1) is 6.92 Å². The van der Waals surface area contributed by atoms with Crippen molar-refractivity contribution in [1.82, 2.24) is 0 Å². The standard InChI is InChI=1S/C17H23NOS/c1-11(2)14-6-8-15(9-7-14)19-17(13(4)18)16-10-5-12(3)20-16/h5-11,13,17H,18H2,1-4H3. The van der Waals surface area contributed by atoms with Crippen molar-refractivity contribution in [1.29, 1.82) is 0 Å². The van der Waals surface area contributed by atoms with E-state index in [1.54, 1.807) is 11.3 Å². The van der Waals surface area contributed by atoms with Crippen molar-refractivity contribution < 1.29 is 4.74 Å². The van der Waals surface area contributed by atoms with Crippen LogP contribution in [-0.2, 0) is 0 Å². The van der Waals surface area contributed by atoms with Crippen LogP contribution in [0.4, 0.5) is 0 Å². The van der Waals surface area contributed by atoms with Gasteiger partial charge in [0.2, 0.25) is 0 Å². The average molecular weight is 289 g/mol. The summed E-state index contributed by atoms with van der Waals surface area (Å²) < 4.78 is 6.10. The molecule has 3 heteroatoms. The molecule has 2 unspecified atom stereocenters. The largest absolute Gasteiger partial charge is 0.483 e. The highest BCUT2D eigenvalue weighted by atomic mass is 32.1. The minimum atomic E-state index is -0.0846. The lowest BCUT2D eigenvalue weighted by molar-refractivity contribution is 0.184. The molecular formula is C17H23NOS. The highest BCUT2D eigenvalue weighted by molar-refractivity contribution is 7.12. The zero-order chi connectivity index (χ0) is 14.7. The van der Waals surface area contributed by atoms with E-state index < -0.39 is 0 Å². The fourth-order valence-electron chi connectivity index (χ4n) is 2.11. The highest BCUT2D eigenvalue weighted by Gasteiger charge is 2.20. The van der Waals surface area contributed by atoms with E-state index in [0.29, 0.717) is 5.92 Å². The Morgan fingerprint density at radius 2 is 1.65 bits per heavy atom. The molecule has 108 valence electrons. The number of aryl methyl sites for hydroxylation is 1. The summed E-state index contributed by atoms with van der Waals surface area (Å²) in [5, 5.41) is 0. The molecule has 20 heavy (non-hydrogen) atoms. The number of ether oxygens (including phenoxy) is 1. The third kappa shape index (κ3) is 3.62. The Morgan fingerprint density at radius 1 is 1.00 bits per heavy atom. The lowest BCUT2D eigenvalue weighted by atomic mass is 10.0. The van der Waals surface area contributed by atoms with Crippen LogP contribution in [0.1, 0.15) is 48.1 Å². The Kier molecular flexibility index (Phi) is 4.84. The van der Waals surface area contributed by atoms with E-state index in [2.05, 4.69) is 45.0 Å². The van der Waals surface area contributed by atoms with Gasteiger partial charge in [0, 0.05) is 15.8 Å². The van der Waals surface area contributed by atoms with Gasteiger partial charge in [0.15, 0.2) is 0 Å². The lowest BCUT2D eigenvalue weighted by Gasteiger charge is -2.21. The van der Waals surface area contributed by atoms with E-state index in [0.717, 1.165) is 5.75 Å². The predicted octanol–water partition coefficient (Wildman–Crippen LogP) is 4.65. The summed E-state index contributed by atoms with van der Waals surface area (Å²) in [7, 11) is 0. The average Bonchev–Trinajstić information content (AvgIpc) is 2.82. The molecule has 0 aliphatic rings. The third-order valence-corrected chi connectivity index (χ3v) is 4.39. The molecule has 2 aromatic rings. The molecule has 0 spiro atoms. The molecule has 0 radical (unpaired) electrons. The van der Waals surface area contributed by atoms with Crippen LogP contribution in [0.15, 0.2) is 36.4 Å². The van der Waals surface area contributed by atoms with Crippen LogP contribution in [0.2, 0.25) is 0 Å². The Labute approximate surface area is 125 Å². The molecule has 0 fully saturated rings. The first kappa shape index (κ1) is 15.1. The Bertz CT molecular complexity index is 542. The van der Waals surface area contributed by atoms with Gasteiger partial charge >= 0.3 is 0 Å². The normalized spacial score (nSPS) is 14.3. The minimum Gasteiger partial charge on any atom is -0.483 e.